The Morgan fingerprint density at radius 1 is 0.944 bits per heavy atom. The predicted octanol–water partition coefficient (Wildman–Crippen LogP) is 2.24. The topological polar surface area (TPSA) is 76.8 Å². The van der Waals surface area contributed by atoms with E-state index in [-0.39, 0.29) is 5.96 Å². The van der Waals surface area contributed by atoms with Gasteiger partial charge in [0.15, 0.2) is 0 Å². The van der Waals surface area contributed by atoms with Gasteiger partial charge in [-0.3, -0.25) is 0 Å². The molecule has 4 N–H and O–H groups in total. The Bertz CT molecular complexity index is 426. The van der Waals surface area contributed by atoms with Crippen LogP contribution >= 0.6 is 0 Å². The van der Waals surface area contributed by atoms with Crippen molar-refractivity contribution in [3.63, 3.8) is 0 Å². The first-order valence-corrected chi connectivity index (χ1v) is 6.49. The molecule has 1 aromatic carbocycles. The Morgan fingerprint density at radius 3 is 2.22 bits per heavy atom. The maximum absolute atomic E-state index is 5.37. The van der Waals surface area contributed by atoms with Crippen molar-refractivity contribution < 1.29 is 0 Å². The minimum Gasteiger partial charge on any atom is -0.369 e. The molecule has 0 radical (unpaired) electrons. The average molecular weight is 244 g/mol. The third-order valence-electron chi connectivity index (χ3n) is 3.33. The van der Waals surface area contributed by atoms with Crippen molar-refractivity contribution in [2.75, 3.05) is 0 Å². The van der Waals surface area contributed by atoms with E-state index in [0.717, 1.165) is 11.3 Å². The van der Waals surface area contributed by atoms with Crippen LogP contribution in [0.4, 0.5) is 0 Å². The molecule has 0 spiro atoms. The van der Waals surface area contributed by atoms with E-state index >= 15 is 0 Å². The Kier molecular flexibility index (Phi) is 4.34. The normalized spacial score (nSPS) is 17.4. The zero-order valence-electron chi connectivity index (χ0n) is 10.5. The van der Waals surface area contributed by atoms with Crippen LogP contribution in [0.2, 0.25) is 0 Å². The summed E-state index contributed by atoms with van der Waals surface area (Å²) < 4.78 is 0. The number of nitrogens with two attached hydrogens (primary N) is 2. The Balaban J connectivity index is 2.28. The molecular formula is C14H20N4. The van der Waals surface area contributed by atoms with Crippen LogP contribution in [-0.2, 0) is 0 Å². The molecule has 1 aliphatic carbocycles. The van der Waals surface area contributed by atoms with Gasteiger partial charge in [-0.25, -0.2) is 0 Å². The van der Waals surface area contributed by atoms with Crippen LogP contribution < -0.4 is 11.5 Å². The second kappa shape index (κ2) is 6.19. The summed E-state index contributed by atoms with van der Waals surface area (Å²) in [6.45, 7) is 0. The lowest BCUT2D eigenvalue weighted by Crippen LogP contribution is -2.23. The van der Waals surface area contributed by atoms with Gasteiger partial charge in [0.2, 0.25) is 5.96 Å². The van der Waals surface area contributed by atoms with Crippen molar-refractivity contribution in [2.45, 2.75) is 32.1 Å². The molecule has 18 heavy (non-hydrogen) atoms. The lowest BCUT2D eigenvalue weighted by molar-refractivity contribution is 0.439. The third kappa shape index (κ3) is 3.32. The highest BCUT2D eigenvalue weighted by Gasteiger charge is 2.20. The minimum absolute atomic E-state index is 0.0132. The monoisotopic (exact) mass is 244 g/mol. The van der Waals surface area contributed by atoms with Crippen molar-refractivity contribution in [1.82, 2.24) is 0 Å². The van der Waals surface area contributed by atoms with Crippen molar-refractivity contribution in [2.24, 2.45) is 27.6 Å². The molecule has 0 atom stereocenters. The molecule has 0 heterocycles. The molecule has 1 aromatic rings. The molecule has 1 fully saturated rings. The first-order valence-electron chi connectivity index (χ1n) is 6.49. The van der Waals surface area contributed by atoms with Gasteiger partial charge >= 0.3 is 0 Å². The lowest BCUT2D eigenvalue weighted by atomic mass is 9.83. The van der Waals surface area contributed by atoms with E-state index in [1.54, 1.807) is 0 Å². The van der Waals surface area contributed by atoms with Gasteiger partial charge in [-0.05, 0) is 18.4 Å². The first-order chi connectivity index (χ1) is 8.77. The quantitative estimate of drug-likeness (QED) is 0.486. The molecule has 4 heteroatoms. The molecular weight excluding hydrogens is 224 g/mol. The van der Waals surface area contributed by atoms with Gasteiger partial charge < -0.3 is 11.5 Å². The van der Waals surface area contributed by atoms with Gasteiger partial charge in [0, 0.05) is 5.92 Å². The summed E-state index contributed by atoms with van der Waals surface area (Å²) in [5, 5.41) is 8.11. The highest BCUT2D eigenvalue weighted by atomic mass is 15.3. The molecule has 96 valence electrons. The largest absolute Gasteiger partial charge is 0.369 e. The number of rotatable bonds is 3. The lowest BCUT2D eigenvalue weighted by Gasteiger charge is -2.22. The summed E-state index contributed by atoms with van der Waals surface area (Å²) >= 11 is 0. The van der Waals surface area contributed by atoms with Crippen LogP contribution in [0.15, 0.2) is 40.5 Å². The van der Waals surface area contributed by atoms with E-state index in [1.807, 2.05) is 18.2 Å². The predicted molar refractivity (Wildman–Crippen MR) is 75.4 cm³/mol. The summed E-state index contributed by atoms with van der Waals surface area (Å²) in [5.41, 5.74) is 12.9. The Labute approximate surface area is 108 Å². The molecule has 0 aliphatic heterocycles. The smallest absolute Gasteiger partial charge is 0.211 e. The van der Waals surface area contributed by atoms with E-state index in [1.165, 1.54) is 32.1 Å². The zero-order valence-corrected chi connectivity index (χ0v) is 10.5. The highest BCUT2D eigenvalue weighted by molar-refractivity contribution is 6.02. The van der Waals surface area contributed by atoms with Gasteiger partial charge in [0.1, 0.15) is 0 Å². The van der Waals surface area contributed by atoms with Crippen LogP contribution in [0.1, 0.15) is 37.7 Å². The van der Waals surface area contributed by atoms with Crippen LogP contribution in [0.25, 0.3) is 0 Å². The fourth-order valence-corrected chi connectivity index (χ4v) is 2.47. The van der Waals surface area contributed by atoms with Crippen LogP contribution in [0.5, 0.6) is 0 Å². The molecule has 0 bridgehead atoms. The van der Waals surface area contributed by atoms with Gasteiger partial charge in [0.25, 0.3) is 0 Å². The van der Waals surface area contributed by atoms with E-state index in [4.69, 9.17) is 11.5 Å². The molecule has 2 rings (SSSR count). The fraction of sp³-hybridized carbons (Fsp3) is 0.429. The van der Waals surface area contributed by atoms with Crippen molar-refractivity contribution in [1.29, 1.82) is 0 Å². The Morgan fingerprint density at radius 2 is 1.61 bits per heavy atom. The number of guanidine groups is 1. The number of nitrogens with zero attached hydrogens (tertiary/aromatic N) is 2. The van der Waals surface area contributed by atoms with Gasteiger partial charge in [-0.2, -0.15) is 5.10 Å². The molecule has 0 amide bonds. The summed E-state index contributed by atoms with van der Waals surface area (Å²) in [5.74, 6) is 0.489. The summed E-state index contributed by atoms with van der Waals surface area (Å²) in [7, 11) is 0. The second-order valence-electron chi connectivity index (χ2n) is 4.71. The average Bonchev–Trinajstić information content (AvgIpc) is 2.41. The third-order valence-corrected chi connectivity index (χ3v) is 3.33. The standard InChI is InChI=1S/C14H20N4/c15-14(16)18-17-13(11-7-3-1-4-8-11)12-9-5-2-6-10-12/h1,3-4,7-8,12H,2,5-6,9-10H2,(H4,15,16,18). The van der Waals surface area contributed by atoms with Crippen LogP contribution in [0, 0.1) is 5.92 Å². The molecule has 1 aliphatic rings. The van der Waals surface area contributed by atoms with Gasteiger partial charge in [-0.1, -0.05) is 49.6 Å². The summed E-state index contributed by atoms with van der Waals surface area (Å²) in [6.07, 6.45) is 6.19. The van der Waals surface area contributed by atoms with E-state index in [2.05, 4.69) is 22.3 Å². The van der Waals surface area contributed by atoms with Crippen LogP contribution in [0.3, 0.4) is 0 Å². The van der Waals surface area contributed by atoms with Crippen molar-refractivity contribution in [3.05, 3.63) is 35.9 Å². The number of hydrogen-bond acceptors (Lipinski definition) is 2. The van der Waals surface area contributed by atoms with Crippen molar-refractivity contribution >= 4 is 11.7 Å². The molecule has 0 saturated heterocycles. The fourth-order valence-electron chi connectivity index (χ4n) is 2.47. The first kappa shape index (κ1) is 12.6. The van der Waals surface area contributed by atoms with Crippen LogP contribution in [-0.4, -0.2) is 11.7 Å². The van der Waals surface area contributed by atoms with E-state index in [9.17, 15) is 0 Å². The van der Waals surface area contributed by atoms with Gasteiger partial charge in [0.05, 0.1) is 5.71 Å². The van der Waals surface area contributed by atoms with E-state index in [0.29, 0.717) is 5.92 Å². The molecule has 1 saturated carbocycles. The number of hydrogen-bond donors (Lipinski definition) is 2. The summed E-state index contributed by atoms with van der Waals surface area (Å²) in [4.78, 5) is 0. The zero-order chi connectivity index (χ0) is 12.8. The Hall–Kier alpha value is -1.84. The molecule has 0 unspecified atom stereocenters. The highest BCUT2D eigenvalue weighted by Crippen LogP contribution is 2.27. The molecule has 4 nitrogen and oxygen atoms in total. The van der Waals surface area contributed by atoms with E-state index < -0.39 is 0 Å². The maximum atomic E-state index is 5.37. The summed E-state index contributed by atoms with van der Waals surface area (Å²) in [6, 6.07) is 10.2. The SMILES string of the molecule is NC(N)=NN=C(c1ccccc1)C1CCCCC1. The van der Waals surface area contributed by atoms with Gasteiger partial charge in [-0.15, -0.1) is 5.10 Å². The van der Waals surface area contributed by atoms with Crippen molar-refractivity contribution in [3.8, 4) is 0 Å². The molecule has 0 aromatic heterocycles. The minimum atomic E-state index is 0.0132. The number of benzene rings is 1. The second-order valence-corrected chi connectivity index (χ2v) is 4.71. The maximum Gasteiger partial charge on any atom is 0.211 e.